The first-order valence-corrected chi connectivity index (χ1v) is 8.41. The van der Waals surface area contributed by atoms with Gasteiger partial charge in [-0.1, -0.05) is 12.1 Å². The molecule has 0 saturated carbocycles. The molecule has 0 aromatic heterocycles. The molecule has 5 N–H and O–H groups in total. The minimum Gasteiger partial charge on any atom is -0.477 e. The number of carboxylic acids is 1. The van der Waals surface area contributed by atoms with Gasteiger partial charge in [-0.3, -0.25) is 9.59 Å². The van der Waals surface area contributed by atoms with Crippen LogP contribution in [0.2, 0.25) is 0 Å². The van der Waals surface area contributed by atoms with Gasteiger partial charge in [0.25, 0.3) is 0 Å². The fourth-order valence-electron chi connectivity index (χ4n) is 3.67. The molecule has 0 aliphatic carbocycles. The lowest BCUT2D eigenvalue weighted by Crippen LogP contribution is -2.61. The van der Waals surface area contributed by atoms with E-state index in [2.05, 4.69) is 5.32 Å². The number of rotatable bonds is 7. The van der Waals surface area contributed by atoms with E-state index in [-0.39, 0.29) is 24.1 Å². The van der Waals surface area contributed by atoms with Gasteiger partial charge in [0.15, 0.2) is 0 Å². The molecule has 2 aliphatic heterocycles. The van der Waals surface area contributed by atoms with E-state index >= 15 is 0 Å². The number of nitrogens with one attached hydrogen (secondary N) is 1. The van der Waals surface area contributed by atoms with Crippen molar-refractivity contribution in [2.45, 2.75) is 31.9 Å². The first kappa shape index (κ1) is 17.9. The average Bonchev–Trinajstić information content (AvgIpc) is 2.89. The van der Waals surface area contributed by atoms with E-state index in [1.807, 2.05) is 0 Å². The number of β-lactam (4-membered cyclic amide) rings is 1. The molecule has 1 aromatic rings. The number of nitrogens with two attached hydrogens (primary N) is 1. The lowest BCUT2D eigenvalue weighted by Gasteiger charge is -2.44. The third kappa shape index (κ3) is 3.03. The Balaban J connectivity index is 1.87. The number of aliphatic carboxylic acids is 1. The number of amides is 2. The molecule has 2 aliphatic rings. The number of hydrogen-bond acceptors (Lipinski definition) is 5. The van der Waals surface area contributed by atoms with Crippen LogP contribution in [-0.4, -0.2) is 51.6 Å². The summed E-state index contributed by atoms with van der Waals surface area (Å²) in [5.74, 6) is -2.49. The number of carbonyl (C=O) groups excluding carboxylic acids is 2. The van der Waals surface area contributed by atoms with Crippen molar-refractivity contribution in [2.75, 3.05) is 11.9 Å². The molecule has 1 fully saturated rings. The van der Waals surface area contributed by atoms with Gasteiger partial charge in [-0.2, -0.15) is 0 Å². The number of nitrogens with zero attached hydrogens (tertiary/aromatic N) is 1. The van der Waals surface area contributed by atoms with Gasteiger partial charge in [-0.05, 0) is 36.6 Å². The Morgan fingerprint density at radius 2 is 2.15 bits per heavy atom. The molecule has 2 heterocycles. The van der Waals surface area contributed by atoms with Crippen molar-refractivity contribution in [2.24, 2.45) is 11.7 Å². The first-order chi connectivity index (χ1) is 12.3. The van der Waals surface area contributed by atoms with Crippen LogP contribution in [-0.2, 0) is 14.4 Å². The van der Waals surface area contributed by atoms with Gasteiger partial charge in [0.1, 0.15) is 5.70 Å². The van der Waals surface area contributed by atoms with Crippen molar-refractivity contribution in [3.63, 3.8) is 0 Å². The maximum atomic E-state index is 12.3. The molecule has 3 atom stereocenters. The fraction of sp³-hybridized carbons (Fsp3) is 0.389. The molecule has 8 heteroatoms. The normalized spacial score (nSPS) is 22.7. The largest absolute Gasteiger partial charge is 0.477 e. The van der Waals surface area contributed by atoms with Crippen molar-refractivity contribution in [3.8, 4) is 0 Å². The van der Waals surface area contributed by atoms with Crippen LogP contribution in [0, 0.1) is 5.92 Å². The quantitative estimate of drug-likeness (QED) is 0.520. The van der Waals surface area contributed by atoms with E-state index in [4.69, 9.17) is 5.73 Å². The highest BCUT2D eigenvalue weighted by molar-refractivity contribution is 6.06. The number of carboxylic acid groups (broad SMARTS) is 1. The van der Waals surface area contributed by atoms with Gasteiger partial charge in [0.05, 0.1) is 18.1 Å². The summed E-state index contributed by atoms with van der Waals surface area (Å²) in [7, 11) is 0. The number of carbonyl (C=O) groups is 3. The number of fused-ring (bicyclic) bond motifs is 1. The predicted octanol–water partition coefficient (Wildman–Crippen LogP) is 0.381. The Hall–Kier alpha value is -2.87. The fourth-order valence-corrected chi connectivity index (χ4v) is 3.67. The summed E-state index contributed by atoms with van der Waals surface area (Å²) < 4.78 is 0. The lowest BCUT2D eigenvalue weighted by molar-refractivity contribution is -0.161. The lowest BCUT2D eigenvalue weighted by atomic mass is 9.82. The smallest absolute Gasteiger partial charge is 0.352 e. The number of anilines is 1. The highest BCUT2D eigenvalue weighted by Gasteiger charge is 2.56. The highest BCUT2D eigenvalue weighted by Crippen LogP contribution is 2.47. The molecule has 3 rings (SSSR count). The topological polar surface area (TPSA) is 133 Å². The van der Waals surface area contributed by atoms with Crippen LogP contribution in [0.1, 0.15) is 25.3 Å². The molecule has 138 valence electrons. The van der Waals surface area contributed by atoms with E-state index in [0.29, 0.717) is 24.1 Å². The van der Waals surface area contributed by atoms with Gasteiger partial charge in [0.2, 0.25) is 11.8 Å². The second kappa shape index (κ2) is 6.80. The summed E-state index contributed by atoms with van der Waals surface area (Å²) in [6.45, 7) is 1.92. The third-order valence-electron chi connectivity index (χ3n) is 4.84. The Bertz CT molecular complexity index is 802. The molecule has 26 heavy (non-hydrogen) atoms. The number of aliphatic hydroxyl groups excluding tert-OH is 1. The molecular formula is C18H21N3O5. The molecule has 8 nitrogen and oxygen atoms in total. The summed E-state index contributed by atoms with van der Waals surface area (Å²) in [6, 6.07) is 6.82. The molecule has 1 saturated heterocycles. The standard InChI is InChI=1S/C18H21N3O5/c1-9(22)15-13-8-12(16(18(25)26)21(13)17(15)24)10-3-2-4-11(7-10)20-6-5-14(19)23/h2-4,7,9,13,15,20,22H,5-6,8H2,1H3,(H2,19,23)(H,25,26)/t9-,13-,15-/m1/s1. The summed E-state index contributed by atoms with van der Waals surface area (Å²) >= 11 is 0. The number of benzene rings is 1. The second-order valence-corrected chi connectivity index (χ2v) is 6.60. The predicted molar refractivity (Wildman–Crippen MR) is 93.7 cm³/mol. The molecule has 1 aromatic carbocycles. The van der Waals surface area contributed by atoms with Gasteiger partial charge < -0.3 is 26.2 Å². The number of primary amides is 1. The van der Waals surface area contributed by atoms with Crippen molar-refractivity contribution in [3.05, 3.63) is 35.5 Å². The summed E-state index contributed by atoms with van der Waals surface area (Å²) in [5.41, 5.74) is 7.08. The number of aliphatic hydroxyl groups is 1. The second-order valence-electron chi connectivity index (χ2n) is 6.60. The Kier molecular flexibility index (Phi) is 4.69. The van der Waals surface area contributed by atoms with E-state index < -0.39 is 23.9 Å². The van der Waals surface area contributed by atoms with Gasteiger partial charge >= 0.3 is 5.97 Å². The SMILES string of the molecule is C[C@@H](O)[C@H]1C(=O)N2C(C(=O)O)=C(c3cccc(NCCC(N)=O)c3)C[C@H]12. The Labute approximate surface area is 150 Å². The van der Waals surface area contributed by atoms with Crippen LogP contribution < -0.4 is 11.1 Å². The van der Waals surface area contributed by atoms with Crippen molar-refractivity contribution >= 4 is 29.0 Å². The Morgan fingerprint density at radius 3 is 2.77 bits per heavy atom. The van der Waals surface area contributed by atoms with E-state index in [1.165, 1.54) is 4.90 Å². The molecule has 0 radical (unpaired) electrons. The monoisotopic (exact) mass is 359 g/mol. The molecule has 0 spiro atoms. The molecule has 0 bridgehead atoms. The summed E-state index contributed by atoms with van der Waals surface area (Å²) in [4.78, 5) is 36.1. The number of hydrogen-bond donors (Lipinski definition) is 4. The zero-order valence-electron chi connectivity index (χ0n) is 14.3. The zero-order chi connectivity index (χ0) is 19.0. The van der Waals surface area contributed by atoms with Crippen LogP contribution in [0.5, 0.6) is 0 Å². The zero-order valence-corrected chi connectivity index (χ0v) is 14.3. The highest BCUT2D eigenvalue weighted by atomic mass is 16.4. The van der Waals surface area contributed by atoms with Crippen LogP contribution in [0.15, 0.2) is 30.0 Å². The van der Waals surface area contributed by atoms with E-state index in [0.717, 1.165) is 5.69 Å². The third-order valence-corrected chi connectivity index (χ3v) is 4.84. The average molecular weight is 359 g/mol. The van der Waals surface area contributed by atoms with Gasteiger partial charge in [-0.15, -0.1) is 0 Å². The molecular weight excluding hydrogens is 338 g/mol. The van der Waals surface area contributed by atoms with Crippen LogP contribution in [0.4, 0.5) is 5.69 Å². The van der Waals surface area contributed by atoms with Crippen molar-refractivity contribution in [1.29, 1.82) is 0 Å². The molecule has 2 amide bonds. The minimum atomic E-state index is -1.16. The van der Waals surface area contributed by atoms with Gasteiger partial charge in [-0.25, -0.2) is 4.79 Å². The van der Waals surface area contributed by atoms with Crippen LogP contribution in [0.3, 0.4) is 0 Å². The van der Waals surface area contributed by atoms with E-state index in [1.54, 1.807) is 31.2 Å². The first-order valence-electron chi connectivity index (χ1n) is 8.41. The van der Waals surface area contributed by atoms with E-state index in [9.17, 15) is 24.6 Å². The maximum Gasteiger partial charge on any atom is 0.352 e. The van der Waals surface area contributed by atoms with Crippen molar-refractivity contribution in [1.82, 2.24) is 4.90 Å². The van der Waals surface area contributed by atoms with Crippen LogP contribution in [0.25, 0.3) is 5.57 Å². The Morgan fingerprint density at radius 1 is 1.42 bits per heavy atom. The summed E-state index contributed by atoms with van der Waals surface area (Å²) in [5, 5.41) is 22.5. The van der Waals surface area contributed by atoms with Crippen LogP contribution >= 0.6 is 0 Å². The van der Waals surface area contributed by atoms with Gasteiger partial charge in [0, 0.05) is 18.7 Å². The maximum absolute atomic E-state index is 12.3. The van der Waals surface area contributed by atoms with Crippen molar-refractivity contribution < 1.29 is 24.6 Å². The summed E-state index contributed by atoms with van der Waals surface area (Å²) in [6.07, 6.45) is -0.249. The minimum absolute atomic E-state index is 0.0221. The molecule has 0 unspecified atom stereocenters.